The van der Waals surface area contributed by atoms with Crippen LogP contribution in [0.25, 0.3) is 10.9 Å². The number of methoxy groups -OCH3 is 1. The Kier molecular flexibility index (Phi) is 4.78. The average molecular weight is 388 g/mol. The number of nitrogens with zero attached hydrogens (tertiary/aromatic N) is 3. The maximum Gasteiger partial charge on any atom is 0.119 e. The van der Waals surface area contributed by atoms with Gasteiger partial charge in [-0.25, -0.2) is 0 Å². The van der Waals surface area contributed by atoms with Crippen molar-refractivity contribution in [2.24, 2.45) is 0 Å². The minimum absolute atomic E-state index is 0.519. The zero-order valence-electron chi connectivity index (χ0n) is 17.4. The van der Waals surface area contributed by atoms with Gasteiger partial charge in [-0.2, -0.15) is 0 Å². The van der Waals surface area contributed by atoms with Crippen molar-refractivity contribution in [1.82, 2.24) is 4.98 Å². The van der Waals surface area contributed by atoms with Gasteiger partial charge in [0.15, 0.2) is 0 Å². The summed E-state index contributed by atoms with van der Waals surface area (Å²) in [6.45, 7) is 2.14. The Morgan fingerprint density at radius 3 is 2.72 bits per heavy atom. The largest absolute Gasteiger partial charge is 0.497 e. The second kappa shape index (κ2) is 7.58. The van der Waals surface area contributed by atoms with Crippen molar-refractivity contribution in [1.29, 1.82) is 0 Å². The summed E-state index contributed by atoms with van der Waals surface area (Å²) in [5, 5.41) is 1.24. The van der Waals surface area contributed by atoms with E-state index in [1.807, 2.05) is 6.07 Å². The van der Waals surface area contributed by atoms with Gasteiger partial charge in [-0.1, -0.05) is 18.2 Å². The average Bonchev–Trinajstić information content (AvgIpc) is 3.27. The van der Waals surface area contributed by atoms with Crippen LogP contribution in [0, 0.1) is 0 Å². The summed E-state index contributed by atoms with van der Waals surface area (Å²) in [5.74, 6) is 0.911. The summed E-state index contributed by atoms with van der Waals surface area (Å²) in [5.41, 5.74) is 6.58. The molecule has 0 N–H and O–H groups in total. The molecule has 1 unspecified atom stereocenters. The summed E-state index contributed by atoms with van der Waals surface area (Å²) >= 11 is 0. The van der Waals surface area contributed by atoms with E-state index in [1.165, 1.54) is 47.3 Å². The van der Waals surface area contributed by atoms with Crippen LogP contribution in [0.3, 0.4) is 0 Å². The quantitative estimate of drug-likeness (QED) is 0.641. The predicted molar refractivity (Wildman–Crippen MR) is 120 cm³/mol. The third-order valence-electron chi connectivity index (χ3n) is 6.63. The number of benzene rings is 2. The molecule has 0 spiro atoms. The van der Waals surface area contributed by atoms with Gasteiger partial charge in [0.1, 0.15) is 5.75 Å². The molecule has 4 heteroatoms. The molecular formula is C25H29N3O. The van der Waals surface area contributed by atoms with Crippen molar-refractivity contribution in [2.75, 3.05) is 37.0 Å². The number of rotatable bonds is 4. The van der Waals surface area contributed by atoms with E-state index < -0.39 is 0 Å². The zero-order valence-corrected chi connectivity index (χ0v) is 17.4. The highest BCUT2D eigenvalue weighted by atomic mass is 16.5. The second-order valence-corrected chi connectivity index (χ2v) is 8.31. The second-order valence-electron chi connectivity index (χ2n) is 8.31. The van der Waals surface area contributed by atoms with E-state index in [-0.39, 0.29) is 0 Å². The van der Waals surface area contributed by atoms with Gasteiger partial charge in [-0.15, -0.1) is 0 Å². The maximum atomic E-state index is 5.55. The van der Waals surface area contributed by atoms with Gasteiger partial charge < -0.3 is 14.5 Å². The number of fused-ring (bicyclic) bond motifs is 2. The highest BCUT2D eigenvalue weighted by molar-refractivity contribution is 5.95. The highest BCUT2D eigenvalue weighted by Gasteiger charge is 2.30. The van der Waals surface area contributed by atoms with Crippen LogP contribution in [-0.2, 0) is 12.8 Å². The van der Waals surface area contributed by atoms with Crippen LogP contribution < -0.4 is 14.5 Å². The molecule has 4 nitrogen and oxygen atoms in total. The third kappa shape index (κ3) is 3.31. The first-order valence-corrected chi connectivity index (χ1v) is 10.8. The number of aryl methyl sites for hydroxylation is 1. The molecule has 1 aromatic heterocycles. The van der Waals surface area contributed by atoms with Crippen LogP contribution in [0.4, 0.5) is 11.4 Å². The number of likely N-dealkylation sites (N-methyl/N-ethyl adjacent to an activating group) is 1. The van der Waals surface area contributed by atoms with Crippen molar-refractivity contribution in [3.63, 3.8) is 0 Å². The van der Waals surface area contributed by atoms with Crippen LogP contribution in [0.5, 0.6) is 5.75 Å². The van der Waals surface area contributed by atoms with E-state index in [9.17, 15) is 0 Å². The first-order chi connectivity index (χ1) is 14.2. The maximum absolute atomic E-state index is 5.55. The van der Waals surface area contributed by atoms with Crippen molar-refractivity contribution >= 4 is 22.3 Å². The van der Waals surface area contributed by atoms with Gasteiger partial charge >= 0.3 is 0 Å². The molecule has 3 aromatic rings. The van der Waals surface area contributed by atoms with E-state index in [0.717, 1.165) is 37.2 Å². The molecule has 2 heterocycles. The number of aromatic nitrogens is 1. The highest BCUT2D eigenvalue weighted by Crippen LogP contribution is 2.39. The van der Waals surface area contributed by atoms with Crippen LogP contribution in [0.2, 0.25) is 0 Å². The molecule has 2 aromatic carbocycles. The van der Waals surface area contributed by atoms with E-state index in [2.05, 4.69) is 59.3 Å². The number of ether oxygens (including phenoxy) is 1. The topological polar surface area (TPSA) is 28.6 Å². The van der Waals surface area contributed by atoms with E-state index in [4.69, 9.17) is 9.72 Å². The molecule has 5 rings (SSSR count). The summed E-state index contributed by atoms with van der Waals surface area (Å²) in [6, 6.07) is 17.6. The Hall–Kier alpha value is -2.75. The lowest BCUT2D eigenvalue weighted by Gasteiger charge is -2.30. The third-order valence-corrected chi connectivity index (χ3v) is 6.63. The normalized spacial score (nSPS) is 18.7. The number of para-hydroxylation sites is 1. The molecule has 0 amide bonds. The lowest BCUT2D eigenvalue weighted by atomic mass is 9.92. The van der Waals surface area contributed by atoms with E-state index >= 15 is 0 Å². The first kappa shape index (κ1) is 18.3. The van der Waals surface area contributed by atoms with Gasteiger partial charge in [-0.05, 0) is 68.0 Å². The summed E-state index contributed by atoms with van der Waals surface area (Å²) in [4.78, 5) is 10.1. The summed E-state index contributed by atoms with van der Waals surface area (Å²) in [7, 11) is 3.97. The molecule has 0 radical (unpaired) electrons. The van der Waals surface area contributed by atoms with Gasteiger partial charge in [-0.3, -0.25) is 4.98 Å². The van der Waals surface area contributed by atoms with Crippen molar-refractivity contribution in [3.05, 3.63) is 59.8 Å². The van der Waals surface area contributed by atoms with Crippen molar-refractivity contribution in [3.8, 4) is 5.75 Å². The van der Waals surface area contributed by atoms with Gasteiger partial charge in [0, 0.05) is 42.9 Å². The van der Waals surface area contributed by atoms with E-state index in [1.54, 1.807) is 7.11 Å². The van der Waals surface area contributed by atoms with Gasteiger partial charge in [0.2, 0.25) is 0 Å². The lowest BCUT2D eigenvalue weighted by Crippen LogP contribution is -2.35. The number of anilines is 2. The molecule has 2 aliphatic rings. The van der Waals surface area contributed by atoms with Crippen LogP contribution in [-0.4, -0.2) is 38.3 Å². The van der Waals surface area contributed by atoms with E-state index in [0.29, 0.717) is 6.04 Å². The minimum atomic E-state index is 0.519. The Morgan fingerprint density at radius 1 is 1.07 bits per heavy atom. The SMILES string of the molecule is COc1ccc2nc3c(c(N4CCC(N(C)c5ccccc5)C4)c2c1)CCCC3. The smallest absolute Gasteiger partial charge is 0.119 e. The fourth-order valence-corrected chi connectivity index (χ4v) is 5.00. The predicted octanol–water partition coefficient (Wildman–Crippen LogP) is 4.84. The number of hydrogen-bond acceptors (Lipinski definition) is 4. The molecule has 1 fully saturated rings. The van der Waals surface area contributed by atoms with Crippen LogP contribution in [0.1, 0.15) is 30.5 Å². The zero-order chi connectivity index (χ0) is 19.8. The number of pyridine rings is 1. The van der Waals surface area contributed by atoms with Crippen molar-refractivity contribution < 1.29 is 4.74 Å². The van der Waals surface area contributed by atoms with Crippen molar-refractivity contribution in [2.45, 2.75) is 38.1 Å². The molecule has 29 heavy (non-hydrogen) atoms. The molecule has 1 aliphatic heterocycles. The monoisotopic (exact) mass is 387 g/mol. The fraction of sp³-hybridized carbons (Fsp3) is 0.400. The van der Waals surface area contributed by atoms with Crippen LogP contribution in [0.15, 0.2) is 48.5 Å². The molecule has 0 bridgehead atoms. The van der Waals surface area contributed by atoms with Gasteiger partial charge in [0.25, 0.3) is 0 Å². The molecule has 0 saturated carbocycles. The minimum Gasteiger partial charge on any atom is -0.497 e. The number of hydrogen-bond donors (Lipinski definition) is 0. The van der Waals surface area contributed by atoms with Gasteiger partial charge in [0.05, 0.1) is 18.3 Å². The Morgan fingerprint density at radius 2 is 1.90 bits per heavy atom. The molecule has 1 aliphatic carbocycles. The Balaban J connectivity index is 1.54. The molecule has 1 saturated heterocycles. The lowest BCUT2D eigenvalue weighted by molar-refractivity contribution is 0.415. The molecule has 1 atom stereocenters. The summed E-state index contributed by atoms with van der Waals surface area (Å²) < 4.78 is 5.55. The first-order valence-electron chi connectivity index (χ1n) is 10.8. The Labute approximate surface area is 173 Å². The fourth-order valence-electron chi connectivity index (χ4n) is 5.00. The summed E-state index contributed by atoms with van der Waals surface area (Å²) in [6.07, 6.45) is 5.93. The van der Waals surface area contributed by atoms with Crippen LogP contribution >= 0.6 is 0 Å². The molecular weight excluding hydrogens is 358 g/mol. The standard InChI is InChI=1S/C25H29N3O/c1-27(18-8-4-3-5-9-18)19-14-15-28(17-19)25-21-10-6-7-11-23(21)26-24-13-12-20(29-2)16-22(24)25/h3-5,8-9,12-13,16,19H,6-7,10-11,14-15,17H2,1-2H3. The molecule has 150 valence electrons. The Bertz CT molecular complexity index is 1020.